The molecule has 0 spiro atoms. The van der Waals surface area contributed by atoms with Gasteiger partial charge in [-0.25, -0.2) is 8.78 Å². The van der Waals surface area contributed by atoms with Gasteiger partial charge in [0.2, 0.25) is 0 Å². The first-order valence-electron chi connectivity index (χ1n) is 4.62. The highest BCUT2D eigenvalue weighted by molar-refractivity contribution is 4.85. The minimum atomic E-state index is -2.25. The van der Waals surface area contributed by atoms with Crippen molar-refractivity contribution in [2.45, 2.75) is 25.7 Å². The Hall–Kier alpha value is -0.690. The lowest BCUT2D eigenvalue weighted by atomic mass is 10.0. The Labute approximate surface area is 77.1 Å². The number of halogens is 2. The highest BCUT2D eigenvalue weighted by Crippen LogP contribution is 2.16. The zero-order valence-corrected chi connectivity index (χ0v) is 7.55. The van der Waals surface area contributed by atoms with Crippen LogP contribution >= 0.6 is 0 Å². The minimum Gasteiger partial charge on any atom is -0.298 e. The lowest BCUT2D eigenvalue weighted by molar-refractivity contribution is 0.0897. The van der Waals surface area contributed by atoms with Gasteiger partial charge in [-0.15, -0.1) is 0 Å². The van der Waals surface area contributed by atoms with Gasteiger partial charge in [0.15, 0.2) is 0 Å². The van der Waals surface area contributed by atoms with E-state index in [0.717, 1.165) is 19.3 Å². The number of alkyl halides is 2. The minimum absolute atomic E-state index is 0.0719. The van der Waals surface area contributed by atoms with Crippen molar-refractivity contribution in [1.82, 2.24) is 4.90 Å². The highest BCUT2D eigenvalue weighted by atomic mass is 19.3. The summed E-state index contributed by atoms with van der Waals surface area (Å²) in [6, 6.07) is 2.20. The number of nitriles is 1. The maximum absolute atomic E-state index is 12.0. The first kappa shape index (κ1) is 10.4. The molecule has 1 saturated heterocycles. The summed E-state index contributed by atoms with van der Waals surface area (Å²) in [7, 11) is 0. The normalized spacial score (nSPS) is 25.5. The lowest BCUT2D eigenvalue weighted by Crippen LogP contribution is -2.29. The number of rotatable bonds is 2. The van der Waals surface area contributed by atoms with Crippen LogP contribution in [0.25, 0.3) is 0 Å². The maximum atomic E-state index is 12.0. The van der Waals surface area contributed by atoms with E-state index >= 15 is 0 Å². The molecular weight excluding hydrogens is 174 g/mol. The fraction of sp³-hybridized carbons (Fsp3) is 0.889. The van der Waals surface area contributed by atoms with Crippen LogP contribution in [-0.2, 0) is 0 Å². The Morgan fingerprint density at radius 3 is 2.77 bits per heavy atom. The largest absolute Gasteiger partial charge is 0.298 e. The molecule has 0 N–H and O–H groups in total. The molecule has 0 radical (unpaired) electrons. The van der Waals surface area contributed by atoms with Gasteiger partial charge in [0.05, 0.1) is 12.6 Å². The second kappa shape index (κ2) is 5.13. The summed E-state index contributed by atoms with van der Waals surface area (Å²) in [6.07, 6.45) is 0.211. The summed E-state index contributed by atoms with van der Waals surface area (Å²) in [5, 5.41) is 8.67. The molecule has 1 unspecified atom stereocenters. The van der Waals surface area contributed by atoms with Crippen molar-refractivity contribution in [2.75, 3.05) is 19.6 Å². The predicted octanol–water partition coefficient (Wildman–Crippen LogP) is 1.88. The molecule has 0 amide bonds. The van der Waals surface area contributed by atoms with Crippen LogP contribution in [0.4, 0.5) is 8.78 Å². The quantitative estimate of drug-likeness (QED) is 0.661. The number of likely N-dealkylation sites (tertiary alicyclic amines) is 1. The third-order valence-electron chi connectivity index (χ3n) is 2.40. The topological polar surface area (TPSA) is 27.0 Å². The van der Waals surface area contributed by atoms with E-state index in [-0.39, 0.29) is 12.5 Å². The monoisotopic (exact) mass is 188 g/mol. The van der Waals surface area contributed by atoms with Crippen LogP contribution < -0.4 is 0 Å². The summed E-state index contributed by atoms with van der Waals surface area (Å²) in [6.45, 7) is 1.21. The molecule has 1 aliphatic heterocycles. The SMILES string of the molecule is N#CC1CCCN(CC(F)F)CC1. The van der Waals surface area contributed by atoms with Crippen molar-refractivity contribution < 1.29 is 8.78 Å². The predicted molar refractivity (Wildman–Crippen MR) is 45.4 cm³/mol. The molecule has 1 atom stereocenters. The standard InChI is InChI=1S/C9H14F2N2/c10-9(11)7-13-4-1-2-8(6-12)3-5-13/h8-9H,1-5,7H2. The van der Waals surface area contributed by atoms with Crippen molar-refractivity contribution in [2.24, 2.45) is 5.92 Å². The average molecular weight is 188 g/mol. The molecule has 2 nitrogen and oxygen atoms in total. The molecular formula is C9H14F2N2. The van der Waals surface area contributed by atoms with Crippen molar-refractivity contribution in [3.05, 3.63) is 0 Å². The zero-order chi connectivity index (χ0) is 9.68. The molecule has 1 heterocycles. The first-order chi connectivity index (χ1) is 6.22. The fourth-order valence-electron chi connectivity index (χ4n) is 1.66. The number of hydrogen-bond donors (Lipinski definition) is 0. The van der Waals surface area contributed by atoms with Crippen LogP contribution in [0.15, 0.2) is 0 Å². The molecule has 0 bridgehead atoms. The Morgan fingerprint density at radius 1 is 1.38 bits per heavy atom. The van der Waals surface area contributed by atoms with Gasteiger partial charge in [-0.1, -0.05) is 0 Å². The highest BCUT2D eigenvalue weighted by Gasteiger charge is 2.18. The first-order valence-corrected chi connectivity index (χ1v) is 4.62. The smallest absolute Gasteiger partial charge is 0.251 e. The van der Waals surface area contributed by atoms with Crippen molar-refractivity contribution in [1.29, 1.82) is 5.26 Å². The molecule has 0 aromatic rings. The average Bonchev–Trinajstić information content (AvgIpc) is 2.29. The van der Waals surface area contributed by atoms with Gasteiger partial charge < -0.3 is 0 Å². The molecule has 1 rings (SSSR count). The third kappa shape index (κ3) is 3.69. The lowest BCUT2D eigenvalue weighted by Gasteiger charge is -2.18. The van der Waals surface area contributed by atoms with Gasteiger partial charge in [0, 0.05) is 5.92 Å². The Kier molecular flexibility index (Phi) is 4.10. The van der Waals surface area contributed by atoms with Crippen LogP contribution in [0.2, 0.25) is 0 Å². The second-order valence-electron chi connectivity index (χ2n) is 3.45. The van der Waals surface area contributed by atoms with Gasteiger partial charge in [0.25, 0.3) is 6.43 Å². The maximum Gasteiger partial charge on any atom is 0.251 e. The van der Waals surface area contributed by atoms with Crippen LogP contribution in [-0.4, -0.2) is 31.0 Å². The van der Waals surface area contributed by atoms with E-state index in [1.165, 1.54) is 0 Å². The van der Waals surface area contributed by atoms with Crippen LogP contribution in [0.5, 0.6) is 0 Å². The molecule has 13 heavy (non-hydrogen) atoms. The van der Waals surface area contributed by atoms with Gasteiger partial charge in [0.1, 0.15) is 0 Å². The zero-order valence-electron chi connectivity index (χ0n) is 7.55. The van der Waals surface area contributed by atoms with Crippen LogP contribution in [0, 0.1) is 17.2 Å². The Bertz CT molecular complexity index is 189. The van der Waals surface area contributed by atoms with E-state index < -0.39 is 6.43 Å². The summed E-state index contributed by atoms with van der Waals surface area (Å²) in [4.78, 5) is 1.75. The van der Waals surface area contributed by atoms with Crippen molar-refractivity contribution in [3.63, 3.8) is 0 Å². The van der Waals surface area contributed by atoms with E-state index in [4.69, 9.17) is 5.26 Å². The van der Waals surface area contributed by atoms with E-state index in [1.807, 2.05) is 0 Å². The van der Waals surface area contributed by atoms with Crippen LogP contribution in [0.1, 0.15) is 19.3 Å². The van der Waals surface area contributed by atoms with Crippen molar-refractivity contribution >= 4 is 0 Å². The summed E-state index contributed by atoms with van der Waals surface area (Å²) >= 11 is 0. The van der Waals surface area contributed by atoms with E-state index in [1.54, 1.807) is 4.90 Å². The Morgan fingerprint density at radius 2 is 2.15 bits per heavy atom. The molecule has 74 valence electrons. The summed E-state index contributed by atoms with van der Waals surface area (Å²) in [5.41, 5.74) is 0. The van der Waals surface area contributed by atoms with Gasteiger partial charge in [-0.3, -0.25) is 4.90 Å². The molecule has 0 saturated carbocycles. The third-order valence-corrected chi connectivity index (χ3v) is 2.40. The second-order valence-corrected chi connectivity index (χ2v) is 3.45. The van der Waals surface area contributed by atoms with Crippen LogP contribution in [0.3, 0.4) is 0 Å². The summed E-state index contributed by atoms with van der Waals surface area (Å²) < 4.78 is 24.0. The molecule has 0 aliphatic carbocycles. The summed E-state index contributed by atoms with van der Waals surface area (Å²) in [5.74, 6) is 0.0719. The van der Waals surface area contributed by atoms with Gasteiger partial charge in [-0.05, 0) is 32.4 Å². The molecule has 1 fully saturated rings. The number of hydrogen-bond acceptors (Lipinski definition) is 2. The molecule has 1 aliphatic rings. The molecule has 0 aromatic carbocycles. The molecule has 4 heteroatoms. The fourth-order valence-corrected chi connectivity index (χ4v) is 1.66. The van der Waals surface area contributed by atoms with Gasteiger partial charge >= 0.3 is 0 Å². The Balaban J connectivity index is 2.32. The van der Waals surface area contributed by atoms with E-state index in [0.29, 0.717) is 13.1 Å². The number of nitrogens with zero attached hydrogens (tertiary/aromatic N) is 2. The molecule has 0 aromatic heterocycles. The van der Waals surface area contributed by atoms with Crippen molar-refractivity contribution in [3.8, 4) is 6.07 Å². The van der Waals surface area contributed by atoms with E-state index in [2.05, 4.69) is 6.07 Å². The van der Waals surface area contributed by atoms with Gasteiger partial charge in [-0.2, -0.15) is 5.26 Å². The van der Waals surface area contributed by atoms with E-state index in [9.17, 15) is 8.78 Å².